The van der Waals surface area contributed by atoms with Gasteiger partial charge in [0, 0.05) is 11.3 Å². The number of hydrogen-bond acceptors (Lipinski definition) is 4. The molecular weight excluding hydrogens is 244 g/mol. The smallest absolute Gasteiger partial charge is 0.277 e. The molecule has 0 unspecified atom stereocenters. The molecule has 1 heterocycles. The van der Waals surface area contributed by atoms with Crippen LogP contribution >= 0.6 is 0 Å². The third-order valence-electron chi connectivity index (χ3n) is 2.29. The zero-order chi connectivity index (χ0) is 13.7. The number of carbonyl (C=O) groups is 1. The lowest BCUT2D eigenvalue weighted by atomic mass is 10.1. The lowest BCUT2D eigenvalue weighted by Crippen LogP contribution is -2.12. The van der Waals surface area contributed by atoms with Gasteiger partial charge >= 0.3 is 0 Å². The number of aromatic nitrogens is 3. The number of rotatable bonds is 2. The predicted molar refractivity (Wildman–Crippen MR) is 69.5 cm³/mol. The standard InChI is InChI=1S/C13H12N4O2/c1-9-5-10(3-2-4-18)7-11(6-9)15-13(19)12-8-14-17-16-12/h5-8,18H,4H2,1H3,(H,15,19)(H,14,16,17). The number of aryl methyl sites for hydroxylation is 1. The fourth-order valence-corrected chi connectivity index (χ4v) is 1.58. The summed E-state index contributed by atoms with van der Waals surface area (Å²) in [7, 11) is 0. The summed E-state index contributed by atoms with van der Waals surface area (Å²) in [6, 6.07) is 5.42. The molecule has 1 amide bonds. The molecule has 2 aromatic rings. The van der Waals surface area contributed by atoms with Gasteiger partial charge in [-0.05, 0) is 30.7 Å². The highest BCUT2D eigenvalue weighted by molar-refractivity contribution is 6.02. The second-order valence-corrected chi connectivity index (χ2v) is 3.86. The van der Waals surface area contributed by atoms with Crippen molar-refractivity contribution >= 4 is 11.6 Å². The molecule has 6 nitrogen and oxygen atoms in total. The molecule has 0 aliphatic rings. The molecule has 1 aromatic heterocycles. The number of aromatic amines is 1. The van der Waals surface area contributed by atoms with Crippen LogP contribution in [0, 0.1) is 18.8 Å². The molecule has 0 spiro atoms. The number of amides is 1. The Morgan fingerprint density at radius 1 is 1.47 bits per heavy atom. The molecule has 2 rings (SSSR count). The normalized spacial score (nSPS) is 9.58. The number of anilines is 1. The van der Waals surface area contributed by atoms with Crippen molar-refractivity contribution in [3.63, 3.8) is 0 Å². The van der Waals surface area contributed by atoms with Gasteiger partial charge in [0.05, 0.1) is 6.20 Å². The van der Waals surface area contributed by atoms with E-state index in [-0.39, 0.29) is 18.2 Å². The fourth-order valence-electron chi connectivity index (χ4n) is 1.58. The minimum absolute atomic E-state index is 0.200. The number of benzene rings is 1. The molecular formula is C13H12N4O2. The molecule has 0 bridgehead atoms. The number of hydrogen-bond donors (Lipinski definition) is 3. The first-order chi connectivity index (χ1) is 9.19. The maximum Gasteiger partial charge on any atom is 0.277 e. The van der Waals surface area contributed by atoms with Crippen LogP contribution in [0.3, 0.4) is 0 Å². The molecule has 0 fully saturated rings. The molecule has 0 saturated heterocycles. The lowest BCUT2D eigenvalue weighted by Gasteiger charge is -2.05. The third kappa shape index (κ3) is 3.40. The van der Waals surface area contributed by atoms with Gasteiger partial charge in [-0.2, -0.15) is 15.4 Å². The Morgan fingerprint density at radius 3 is 3.00 bits per heavy atom. The number of nitrogens with zero attached hydrogens (tertiary/aromatic N) is 2. The Morgan fingerprint density at radius 2 is 2.32 bits per heavy atom. The lowest BCUT2D eigenvalue weighted by molar-refractivity contribution is 0.102. The molecule has 3 N–H and O–H groups in total. The van der Waals surface area contributed by atoms with Crippen molar-refractivity contribution in [2.75, 3.05) is 11.9 Å². The van der Waals surface area contributed by atoms with Crippen LogP contribution in [0.1, 0.15) is 21.6 Å². The molecule has 0 aliphatic heterocycles. The number of aliphatic hydroxyl groups excluding tert-OH is 1. The fraction of sp³-hybridized carbons (Fsp3) is 0.154. The first kappa shape index (κ1) is 12.8. The van der Waals surface area contributed by atoms with E-state index in [4.69, 9.17) is 5.11 Å². The van der Waals surface area contributed by atoms with Crippen LogP contribution < -0.4 is 5.32 Å². The topological polar surface area (TPSA) is 90.9 Å². The van der Waals surface area contributed by atoms with E-state index in [0.717, 1.165) is 11.1 Å². The van der Waals surface area contributed by atoms with Crippen LogP contribution in [-0.2, 0) is 0 Å². The van der Waals surface area contributed by atoms with Crippen LogP contribution in [0.4, 0.5) is 5.69 Å². The summed E-state index contributed by atoms with van der Waals surface area (Å²) < 4.78 is 0. The summed E-state index contributed by atoms with van der Waals surface area (Å²) in [5.41, 5.74) is 2.52. The largest absolute Gasteiger partial charge is 0.384 e. The van der Waals surface area contributed by atoms with Gasteiger partial charge in [-0.15, -0.1) is 0 Å². The van der Waals surface area contributed by atoms with Gasteiger partial charge in [-0.3, -0.25) is 4.79 Å². The summed E-state index contributed by atoms with van der Waals surface area (Å²) in [4.78, 5) is 11.8. The molecule has 19 heavy (non-hydrogen) atoms. The molecule has 6 heteroatoms. The minimum Gasteiger partial charge on any atom is -0.384 e. The quantitative estimate of drug-likeness (QED) is 0.690. The summed E-state index contributed by atoms with van der Waals surface area (Å²) in [6.07, 6.45) is 1.34. The third-order valence-corrected chi connectivity index (χ3v) is 2.29. The maximum absolute atomic E-state index is 11.8. The van der Waals surface area contributed by atoms with E-state index in [1.165, 1.54) is 6.20 Å². The SMILES string of the molecule is Cc1cc(C#CCO)cc(NC(=O)c2cn[nH]n2)c1. The Bertz CT molecular complexity index is 638. The average molecular weight is 256 g/mol. The Hall–Kier alpha value is -2.65. The first-order valence-electron chi connectivity index (χ1n) is 5.57. The van der Waals surface area contributed by atoms with Crippen molar-refractivity contribution < 1.29 is 9.90 Å². The number of aliphatic hydroxyl groups is 1. The first-order valence-corrected chi connectivity index (χ1v) is 5.57. The van der Waals surface area contributed by atoms with E-state index in [9.17, 15) is 4.79 Å². The molecule has 0 radical (unpaired) electrons. The van der Waals surface area contributed by atoms with Crippen LogP contribution in [0.15, 0.2) is 24.4 Å². The average Bonchev–Trinajstić information content (AvgIpc) is 2.89. The van der Waals surface area contributed by atoms with Gasteiger partial charge in [0.1, 0.15) is 6.61 Å². The van der Waals surface area contributed by atoms with Crippen LogP contribution in [0.5, 0.6) is 0 Å². The number of carbonyl (C=O) groups excluding carboxylic acids is 1. The maximum atomic E-state index is 11.8. The second-order valence-electron chi connectivity index (χ2n) is 3.86. The summed E-state index contributed by atoms with van der Waals surface area (Å²) >= 11 is 0. The monoisotopic (exact) mass is 256 g/mol. The van der Waals surface area contributed by atoms with E-state index in [1.807, 2.05) is 19.1 Å². The van der Waals surface area contributed by atoms with Crippen molar-refractivity contribution in [1.29, 1.82) is 0 Å². The van der Waals surface area contributed by atoms with E-state index in [2.05, 4.69) is 32.6 Å². The summed E-state index contributed by atoms with van der Waals surface area (Å²) in [6.45, 7) is 1.70. The molecule has 1 aromatic carbocycles. The number of nitrogens with one attached hydrogen (secondary N) is 2. The van der Waals surface area contributed by atoms with Crippen molar-refractivity contribution in [2.45, 2.75) is 6.92 Å². The van der Waals surface area contributed by atoms with Gasteiger partial charge < -0.3 is 10.4 Å². The van der Waals surface area contributed by atoms with Gasteiger partial charge in [0.15, 0.2) is 5.69 Å². The van der Waals surface area contributed by atoms with Crippen molar-refractivity contribution in [3.05, 3.63) is 41.2 Å². The van der Waals surface area contributed by atoms with E-state index >= 15 is 0 Å². The van der Waals surface area contributed by atoms with Crippen molar-refractivity contribution in [2.24, 2.45) is 0 Å². The molecule has 0 aliphatic carbocycles. The van der Waals surface area contributed by atoms with Gasteiger partial charge in [-0.25, -0.2) is 0 Å². The van der Waals surface area contributed by atoms with Crippen LogP contribution in [0.25, 0.3) is 0 Å². The van der Waals surface area contributed by atoms with Crippen LogP contribution in [-0.4, -0.2) is 33.0 Å². The molecule has 0 saturated carbocycles. The predicted octanol–water partition coefficient (Wildman–Crippen LogP) is 0.709. The zero-order valence-corrected chi connectivity index (χ0v) is 10.3. The zero-order valence-electron chi connectivity index (χ0n) is 10.3. The summed E-state index contributed by atoms with van der Waals surface area (Å²) in [5.74, 6) is 5.02. The van der Waals surface area contributed by atoms with E-state index < -0.39 is 0 Å². The highest BCUT2D eigenvalue weighted by atomic mass is 16.2. The van der Waals surface area contributed by atoms with Gasteiger partial charge in [0.2, 0.25) is 0 Å². The number of H-pyrrole nitrogens is 1. The Labute approximate surface area is 109 Å². The Balaban J connectivity index is 2.20. The minimum atomic E-state index is -0.347. The van der Waals surface area contributed by atoms with Crippen molar-refractivity contribution in [3.8, 4) is 11.8 Å². The van der Waals surface area contributed by atoms with E-state index in [1.54, 1.807) is 6.07 Å². The summed E-state index contributed by atoms with van der Waals surface area (Å²) in [5, 5.41) is 21.0. The molecule has 0 atom stereocenters. The second kappa shape index (κ2) is 5.80. The van der Waals surface area contributed by atoms with Gasteiger partial charge in [-0.1, -0.05) is 11.8 Å². The molecule has 96 valence electrons. The highest BCUT2D eigenvalue weighted by Crippen LogP contribution is 2.14. The Kier molecular flexibility index (Phi) is 3.90. The van der Waals surface area contributed by atoms with Crippen molar-refractivity contribution in [1.82, 2.24) is 15.4 Å². The van der Waals surface area contributed by atoms with E-state index in [0.29, 0.717) is 5.69 Å². The van der Waals surface area contributed by atoms with Crippen LogP contribution in [0.2, 0.25) is 0 Å². The highest BCUT2D eigenvalue weighted by Gasteiger charge is 2.09. The van der Waals surface area contributed by atoms with Gasteiger partial charge in [0.25, 0.3) is 5.91 Å².